The highest BCUT2D eigenvalue weighted by molar-refractivity contribution is 6.30. The number of fused-ring (bicyclic) bond motifs is 1. The molecule has 0 unspecified atom stereocenters. The molecular formula is C15H14ClN3O. The Morgan fingerprint density at radius 3 is 2.85 bits per heavy atom. The number of halogens is 1. The van der Waals surface area contributed by atoms with E-state index in [9.17, 15) is 0 Å². The minimum atomic E-state index is 0.568. The molecule has 2 heterocycles. The SMILES string of the molecule is COc1cccc(-c2nc3c(C)cc(Cl)cn3c2N)c1. The van der Waals surface area contributed by atoms with Crippen LogP contribution in [0.2, 0.25) is 5.02 Å². The van der Waals surface area contributed by atoms with Crippen molar-refractivity contribution in [3.05, 3.63) is 47.1 Å². The Balaban J connectivity index is 2.26. The molecule has 0 amide bonds. The number of aromatic nitrogens is 2. The van der Waals surface area contributed by atoms with Gasteiger partial charge in [-0.3, -0.25) is 4.40 Å². The molecule has 0 bridgehead atoms. The van der Waals surface area contributed by atoms with E-state index in [2.05, 4.69) is 4.98 Å². The van der Waals surface area contributed by atoms with Crippen molar-refractivity contribution in [2.45, 2.75) is 6.92 Å². The van der Waals surface area contributed by atoms with Crippen molar-refractivity contribution in [2.24, 2.45) is 0 Å². The third-order valence-electron chi connectivity index (χ3n) is 3.25. The molecule has 0 fully saturated rings. The lowest BCUT2D eigenvalue weighted by molar-refractivity contribution is 0.415. The molecule has 0 aliphatic rings. The molecule has 4 nitrogen and oxygen atoms in total. The van der Waals surface area contributed by atoms with Crippen LogP contribution in [0.25, 0.3) is 16.9 Å². The van der Waals surface area contributed by atoms with Crippen molar-refractivity contribution in [3.8, 4) is 17.0 Å². The van der Waals surface area contributed by atoms with Crippen LogP contribution in [0.1, 0.15) is 5.56 Å². The number of rotatable bonds is 2. The number of aryl methyl sites for hydroxylation is 1. The molecule has 0 atom stereocenters. The second-order valence-electron chi connectivity index (χ2n) is 4.61. The topological polar surface area (TPSA) is 52.5 Å². The smallest absolute Gasteiger partial charge is 0.142 e. The van der Waals surface area contributed by atoms with Crippen LogP contribution in [0.4, 0.5) is 5.82 Å². The minimum Gasteiger partial charge on any atom is -0.497 e. The molecule has 3 aromatic rings. The van der Waals surface area contributed by atoms with Crippen LogP contribution in [-0.4, -0.2) is 16.5 Å². The first kappa shape index (κ1) is 12.8. The average molecular weight is 288 g/mol. The zero-order valence-corrected chi connectivity index (χ0v) is 12.0. The molecular weight excluding hydrogens is 274 g/mol. The van der Waals surface area contributed by atoms with Crippen LogP contribution < -0.4 is 10.5 Å². The molecule has 2 N–H and O–H groups in total. The number of methoxy groups -OCH3 is 1. The molecule has 0 aliphatic heterocycles. The molecule has 5 heteroatoms. The average Bonchev–Trinajstić information content (AvgIpc) is 2.77. The van der Waals surface area contributed by atoms with Crippen LogP contribution in [-0.2, 0) is 0 Å². The fourth-order valence-corrected chi connectivity index (χ4v) is 2.53. The highest BCUT2D eigenvalue weighted by atomic mass is 35.5. The zero-order chi connectivity index (χ0) is 14.3. The molecule has 102 valence electrons. The Morgan fingerprint density at radius 2 is 2.10 bits per heavy atom. The lowest BCUT2D eigenvalue weighted by Crippen LogP contribution is -1.95. The molecule has 0 radical (unpaired) electrons. The van der Waals surface area contributed by atoms with Gasteiger partial charge in [0, 0.05) is 11.8 Å². The quantitative estimate of drug-likeness (QED) is 0.784. The first-order valence-corrected chi connectivity index (χ1v) is 6.56. The van der Waals surface area contributed by atoms with Gasteiger partial charge in [-0.25, -0.2) is 4.98 Å². The zero-order valence-electron chi connectivity index (χ0n) is 11.2. The fraction of sp³-hybridized carbons (Fsp3) is 0.133. The van der Waals surface area contributed by atoms with E-state index in [0.717, 1.165) is 28.2 Å². The molecule has 1 aromatic carbocycles. The van der Waals surface area contributed by atoms with Crippen molar-refractivity contribution >= 4 is 23.1 Å². The van der Waals surface area contributed by atoms with Crippen LogP contribution in [0.3, 0.4) is 0 Å². The number of hydrogen-bond donors (Lipinski definition) is 1. The van der Waals surface area contributed by atoms with Gasteiger partial charge in [0.05, 0.1) is 12.1 Å². The van der Waals surface area contributed by atoms with Crippen molar-refractivity contribution in [2.75, 3.05) is 12.8 Å². The first-order chi connectivity index (χ1) is 9.60. The maximum atomic E-state index is 6.20. The maximum Gasteiger partial charge on any atom is 0.142 e. The molecule has 3 rings (SSSR count). The Hall–Kier alpha value is -2.20. The predicted octanol–water partition coefficient (Wildman–Crippen LogP) is 3.55. The number of ether oxygens (including phenoxy) is 1. The van der Waals surface area contributed by atoms with E-state index in [4.69, 9.17) is 22.1 Å². The monoisotopic (exact) mass is 287 g/mol. The fourth-order valence-electron chi connectivity index (χ4n) is 2.27. The highest BCUT2D eigenvalue weighted by Crippen LogP contribution is 2.30. The molecule has 0 spiro atoms. The number of imidazole rings is 1. The summed E-state index contributed by atoms with van der Waals surface area (Å²) >= 11 is 6.07. The number of nitrogens with zero attached hydrogens (tertiary/aromatic N) is 2. The summed E-state index contributed by atoms with van der Waals surface area (Å²) in [5.74, 6) is 1.34. The van der Waals surface area contributed by atoms with Crippen LogP contribution in [0.5, 0.6) is 5.75 Å². The Labute approximate surface area is 121 Å². The summed E-state index contributed by atoms with van der Waals surface area (Å²) < 4.78 is 7.05. The van der Waals surface area contributed by atoms with Gasteiger partial charge in [0.1, 0.15) is 22.9 Å². The van der Waals surface area contributed by atoms with Gasteiger partial charge in [-0.1, -0.05) is 23.7 Å². The number of nitrogens with two attached hydrogens (primary N) is 1. The molecule has 2 aromatic heterocycles. The van der Waals surface area contributed by atoms with Gasteiger partial charge in [0.2, 0.25) is 0 Å². The van der Waals surface area contributed by atoms with E-state index in [1.807, 2.05) is 41.7 Å². The van der Waals surface area contributed by atoms with E-state index in [1.165, 1.54) is 0 Å². The Morgan fingerprint density at radius 1 is 1.30 bits per heavy atom. The first-order valence-electron chi connectivity index (χ1n) is 6.18. The normalized spacial score (nSPS) is 10.9. The molecule has 0 aliphatic carbocycles. The van der Waals surface area contributed by atoms with Gasteiger partial charge in [-0.15, -0.1) is 0 Å². The molecule has 0 saturated heterocycles. The van der Waals surface area contributed by atoms with Gasteiger partial charge in [0.25, 0.3) is 0 Å². The van der Waals surface area contributed by atoms with Crippen molar-refractivity contribution in [1.82, 2.24) is 9.38 Å². The lowest BCUT2D eigenvalue weighted by atomic mass is 10.1. The largest absolute Gasteiger partial charge is 0.497 e. The molecule has 20 heavy (non-hydrogen) atoms. The number of pyridine rings is 1. The van der Waals surface area contributed by atoms with Crippen LogP contribution in [0.15, 0.2) is 36.5 Å². The summed E-state index contributed by atoms with van der Waals surface area (Å²) in [6.45, 7) is 1.96. The number of benzene rings is 1. The summed E-state index contributed by atoms with van der Waals surface area (Å²) in [6, 6.07) is 9.54. The number of nitrogen functional groups attached to an aromatic ring is 1. The standard InChI is InChI=1S/C15H14ClN3O/c1-9-6-11(16)8-19-14(17)13(18-15(9)19)10-4-3-5-12(7-10)20-2/h3-8H,17H2,1-2H3. The van der Waals surface area contributed by atoms with Gasteiger partial charge in [0.15, 0.2) is 0 Å². The van der Waals surface area contributed by atoms with Crippen LogP contribution >= 0.6 is 11.6 Å². The Kier molecular flexibility index (Phi) is 3.03. The Bertz CT molecular complexity index is 795. The lowest BCUT2D eigenvalue weighted by Gasteiger charge is -2.03. The van der Waals surface area contributed by atoms with E-state index < -0.39 is 0 Å². The van der Waals surface area contributed by atoms with E-state index >= 15 is 0 Å². The second-order valence-corrected chi connectivity index (χ2v) is 5.05. The molecule has 0 saturated carbocycles. The summed E-state index contributed by atoms with van der Waals surface area (Å²) in [6.07, 6.45) is 1.77. The van der Waals surface area contributed by atoms with E-state index in [0.29, 0.717) is 10.8 Å². The summed E-state index contributed by atoms with van der Waals surface area (Å²) in [4.78, 5) is 4.62. The number of hydrogen-bond acceptors (Lipinski definition) is 3. The second kappa shape index (κ2) is 4.72. The third kappa shape index (κ3) is 1.98. The van der Waals surface area contributed by atoms with Crippen molar-refractivity contribution < 1.29 is 4.74 Å². The summed E-state index contributed by atoms with van der Waals surface area (Å²) in [7, 11) is 1.63. The summed E-state index contributed by atoms with van der Waals surface area (Å²) in [5, 5.41) is 0.635. The maximum absolute atomic E-state index is 6.20. The van der Waals surface area contributed by atoms with E-state index in [-0.39, 0.29) is 0 Å². The van der Waals surface area contributed by atoms with Gasteiger partial charge < -0.3 is 10.5 Å². The van der Waals surface area contributed by atoms with E-state index in [1.54, 1.807) is 13.3 Å². The van der Waals surface area contributed by atoms with Crippen molar-refractivity contribution in [3.63, 3.8) is 0 Å². The third-order valence-corrected chi connectivity index (χ3v) is 3.46. The van der Waals surface area contributed by atoms with Crippen molar-refractivity contribution in [1.29, 1.82) is 0 Å². The van der Waals surface area contributed by atoms with Gasteiger partial charge >= 0.3 is 0 Å². The predicted molar refractivity (Wildman–Crippen MR) is 81.3 cm³/mol. The summed E-state index contributed by atoms with van der Waals surface area (Å²) in [5.41, 5.74) is 9.64. The number of anilines is 1. The minimum absolute atomic E-state index is 0.568. The van der Waals surface area contributed by atoms with Gasteiger partial charge in [-0.05, 0) is 30.7 Å². The van der Waals surface area contributed by atoms with Gasteiger partial charge in [-0.2, -0.15) is 0 Å². The highest BCUT2D eigenvalue weighted by Gasteiger charge is 2.13. The van der Waals surface area contributed by atoms with Crippen LogP contribution in [0, 0.1) is 6.92 Å².